The number of amides is 1. The van der Waals surface area contributed by atoms with Gasteiger partial charge >= 0.3 is 6.09 Å². The molecule has 5 nitrogen and oxygen atoms in total. The smallest absolute Gasteiger partial charge is 0.410 e. The monoisotopic (exact) mass is 406 g/mol. The minimum Gasteiger partial charge on any atom is -0.445 e. The molecule has 0 bridgehead atoms. The molecule has 2 rings (SSSR count). The van der Waals surface area contributed by atoms with Gasteiger partial charge in [0.25, 0.3) is 0 Å². The van der Waals surface area contributed by atoms with Gasteiger partial charge in [-0.15, -0.1) is 0 Å². The third-order valence-electron chi connectivity index (χ3n) is 6.18. The van der Waals surface area contributed by atoms with Gasteiger partial charge in [0.2, 0.25) is 0 Å². The highest BCUT2D eigenvalue weighted by Gasteiger charge is 2.38. The van der Waals surface area contributed by atoms with Gasteiger partial charge in [-0.25, -0.2) is 4.79 Å². The van der Waals surface area contributed by atoms with Crippen LogP contribution in [0.1, 0.15) is 40.2 Å². The Labute approximate surface area is 172 Å². The normalized spacial score (nSPS) is 21.6. The number of rotatable bonds is 6. The van der Waals surface area contributed by atoms with Crippen LogP contribution in [0.3, 0.4) is 0 Å². The van der Waals surface area contributed by atoms with Crippen molar-refractivity contribution in [1.29, 1.82) is 0 Å². The Bertz CT molecular complexity index is 618. The highest BCUT2D eigenvalue weighted by Crippen LogP contribution is 2.36. The lowest BCUT2D eigenvalue weighted by Gasteiger charge is -2.44. The van der Waals surface area contributed by atoms with Crippen LogP contribution in [0, 0.1) is 0 Å². The molecule has 0 N–H and O–H groups in total. The van der Waals surface area contributed by atoms with E-state index in [1.807, 2.05) is 35.2 Å². The molecule has 1 amide bonds. The summed E-state index contributed by atoms with van der Waals surface area (Å²) in [6, 6.07) is 10.4. The maximum Gasteiger partial charge on any atom is 0.410 e. The van der Waals surface area contributed by atoms with Crippen LogP contribution >= 0.6 is 0 Å². The molecule has 1 aliphatic heterocycles. The van der Waals surface area contributed by atoms with Gasteiger partial charge in [0, 0.05) is 38.3 Å². The molecule has 1 aromatic rings. The van der Waals surface area contributed by atoms with Crippen molar-refractivity contribution in [3.05, 3.63) is 35.9 Å². The van der Waals surface area contributed by atoms with E-state index < -0.39 is 8.32 Å². The number of piperazine rings is 1. The topological polar surface area (TPSA) is 42.0 Å². The molecule has 0 saturated carbocycles. The minimum atomic E-state index is -1.72. The molecule has 0 aromatic heterocycles. The van der Waals surface area contributed by atoms with Crippen molar-refractivity contribution in [3.63, 3.8) is 0 Å². The Balaban J connectivity index is 1.82. The average Bonchev–Trinajstić information content (AvgIpc) is 2.61. The van der Waals surface area contributed by atoms with E-state index in [1.165, 1.54) is 0 Å². The van der Waals surface area contributed by atoms with E-state index in [9.17, 15) is 4.79 Å². The maximum absolute atomic E-state index is 12.5. The third kappa shape index (κ3) is 6.06. The Hall–Kier alpha value is -1.37. The lowest BCUT2D eigenvalue weighted by atomic mass is 10.1. The van der Waals surface area contributed by atoms with E-state index in [0.717, 1.165) is 18.7 Å². The first-order valence-electron chi connectivity index (χ1n) is 10.4. The summed E-state index contributed by atoms with van der Waals surface area (Å²) >= 11 is 0. The number of hydrogen-bond acceptors (Lipinski definition) is 4. The molecule has 1 heterocycles. The quantitative estimate of drug-likeness (QED) is 0.640. The number of benzene rings is 1. The number of nitrogens with zero attached hydrogens (tertiary/aromatic N) is 2. The Kier molecular flexibility index (Phi) is 7.71. The van der Waals surface area contributed by atoms with Gasteiger partial charge in [0.05, 0.1) is 0 Å². The number of carbonyl (C=O) groups excluding carboxylic acids is 1. The average molecular weight is 407 g/mol. The van der Waals surface area contributed by atoms with Crippen molar-refractivity contribution in [2.24, 2.45) is 0 Å². The summed E-state index contributed by atoms with van der Waals surface area (Å²) in [4.78, 5) is 16.8. The van der Waals surface area contributed by atoms with Crippen molar-refractivity contribution in [3.8, 4) is 0 Å². The van der Waals surface area contributed by atoms with Crippen LogP contribution in [0.5, 0.6) is 0 Å². The number of hydrogen-bond donors (Lipinski definition) is 0. The summed E-state index contributed by atoms with van der Waals surface area (Å²) in [6.07, 6.45) is -0.222. The third-order valence-corrected chi connectivity index (χ3v) is 10.7. The van der Waals surface area contributed by atoms with Crippen LogP contribution in [-0.4, -0.2) is 62.5 Å². The summed E-state index contributed by atoms with van der Waals surface area (Å²) in [5.41, 5.74) is 1.01. The summed E-state index contributed by atoms with van der Waals surface area (Å²) in [6.45, 7) is 19.1. The van der Waals surface area contributed by atoms with E-state index in [4.69, 9.17) is 9.16 Å². The van der Waals surface area contributed by atoms with Crippen LogP contribution in [0.15, 0.2) is 30.3 Å². The first kappa shape index (κ1) is 22.9. The molecule has 0 spiro atoms. The van der Waals surface area contributed by atoms with Crippen LogP contribution < -0.4 is 0 Å². The zero-order chi connectivity index (χ0) is 20.9. The Morgan fingerprint density at radius 3 is 2.21 bits per heavy atom. The molecule has 0 aliphatic carbocycles. The van der Waals surface area contributed by atoms with E-state index in [1.54, 1.807) is 0 Å². The van der Waals surface area contributed by atoms with Crippen molar-refractivity contribution in [1.82, 2.24) is 9.80 Å². The second-order valence-electron chi connectivity index (χ2n) is 9.49. The SMILES string of the molecule is C[C@@H]1CN(C(=O)OCc2ccccc2)C[C@H](C)N1CCO[Si](C)(C)C(C)(C)C. The summed E-state index contributed by atoms with van der Waals surface area (Å²) in [5, 5.41) is 0.228. The Morgan fingerprint density at radius 2 is 1.68 bits per heavy atom. The van der Waals surface area contributed by atoms with Gasteiger partial charge in [-0.3, -0.25) is 4.90 Å². The van der Waals surface area contributed by atoms with Crippen molar-refractivity contribution in [2.45, 2.75) is 71.4 Å². The van der Waals surface area contributed by atoms with Crippen LogP contribution in [0.4, 0.5) is 4.79 Å². The lowest BCUT2D eigenvalue weighted by Crippen LogP contribution is -2.59. The molecular formula is C22H38N2O3Si. The molecule has 6 heteroatoms. The van der Waals surface area contributed by atoms with Gasteiger partial charge in [0.15, 0.2) is 8.32 Å². The first-order chi connectivity index (χ1) is 13.0. The van der Waals surface area contributed by atoms with Gasteiger partial charge in [-0.05, 0) is 37.5 Å². The standard InChI is InChI=1S/C22H38N2O3Si/c1-18-15-23(21(25)26-17-20-11-9-8-10-12-20)16-19(2)24(18)13-14-27-28(6,7)22(3,4)5/h8-12,18-19H,13-17H2,1-7H3/t18-,19+. The molecule has 0 unspecified atom stereocenters. The molecule has 28 heavy (non-hydrogen) atoms. The molecule has 1 aromatic carbocycles. The maximum atomic E-state index is 12.5. The van der Waals surface area contributed by atoms with E-state index in [2.05, 4.69) is 52.6 Å². The van der Waals surface area contributed by atoms with Gasteiger partial charge < -0.3 is 14.1 Å². The predicted molar refractivity (Wildman–Crippen MR) is 117 cm³/mol. The van der Waals surface area contributed by atoms with Crippen LogP contribution in [0.2, 0.25) is 18.1 Å². The van der Waals surface area contributed by atoms with Crippen molar-refractivity contribution >= 4 is 14.4 Å². The zero-order valence-corrected chi connectivity index (χ0v) is 19.7. The van der Waals surface area contributed by atoms with Gasteiger partial charge in [-0.1, -0.05) is 51.1 Å². The molecule has 2 atom stereocenters. The predicted octanol–water partition coefficient (Wildman–Crippen LogP) is 4.74. The molecule has 0 radical (unpaired) electrons. The first-order valence-corrected chi connectivity index (χ1v) is 13.3. The lowest BCUT2D eigenvalue weighted by molar-refractivity contribution is 0.0185. The molecule has 1 aliphatic rings. The summed E-state index contributed by atoms with van der Waals surface area (Å²) in [7, 11) is -1.72. The number of ether oxygens (including phenoxy) is 1. The molecule has 1 fully saturated rings. The minimum absolute atomic E-state index is 0.222. The largest absolute Gasteiger partial charge is 0.445 e. The van der Waals surface area contributed by atoms with Crippen LogP contribution in [-0.2, 0) is 15.8 Å². The van der Waals surface area contributed by atoms with Crippen molar-refractivity contribution < 1.29 is 14.0 Å². The Morgan fingerprint density at radius 1 is 1.11 bits per heavy atom. The fraction of sp³-hybridized carbons (Fsp3) is 0.682. The molecular weight excluding hydrogens is 368 g/mol. The van der Waals surface area contributed by atoms with Gasteiger partial charge in [0.1, 0.15) is 6.61 Å². The molecule has 1 saturated heterocycles. The molecule has 158 valence electrons. The fourth-order valence-corrected chi connectivity index (χ4v) is 4.41. The van der Waals surface area contributed by atoms with Crippen LogP contribution in [0.25, 0.3) is 0 Å². The summed E-state index contributed by atoms with van der Waals surface area (Å²) < 4.78 is 11.9. The fourth-order valence-electron chi connectivity index (χ4n) is 3.38. The van der Waals surface area contributed by atoms with Gasteiger partial charge in [-0.2, -0.15) is 0 Å². The van der Waals surface area contributed by atoms with E-state index in [0.29, 0.717) is 19.7 Å². The number of carbonyl (C=O) groups is 1. The second kappa shape index (κ2) is 9.42. The van der Waals surface area contributed by atoms with Crippen molar-refractivity contribution in [2.75, 3.05) is 26.2 Å². The zero-order valence-electron chi connectivity index (χ0n) is 18.7. The van der Waals surface area contributed by atoms with E-state index >= 15 is 0 Å². The highest BCUT2D eigenvalue weighted by atomic mass is 28.4. The van der Waals surface area contributed by atoms with E-state index in [-0.39, 0.29) is 23.2 Å². The highest BCUT2D eigenvalue weighted by molar-refractivity contribution is 6.74. The summed E-state index contributed by atoms with van der Waals surface area (Å²) in [5.74, 6) is 0. The second-order valence-corrected chi connectivity index (χ2v) is 14.3.